The second-order valence-electron chi connectivity index (χ2n) is 7.08. The Labute approximate surface area is 171 Å². The predicted octanol–water partition coefficient (Wildman–Crippen LogP) is 3.68. The average molecular weight is 421 g/mol. The number of amides is 2. The standard InChI is InChI=1S/C21H22F3N3O3/c1-25-19(28)12-18-13-26(9-10-27(18)20(29)30)17-7-5-14(6-8-17)15-3-2-4-16(11-15)21(22,23)24/h2-8,11,18H,9-10,12-13H2,1H3,(H,25,28)(H,29,30). The molecule has 1 heterocycles. The number of nitrogens with zero attached hydrogens (tertiary/aromatic N) is 2. The molecule has 0 spiro atoms. The van der Waals surface area contributed by atoms with Crippen molar-refractivity contribution in [1.82, 2.24) is 10.2 Å². The molecule has 0 bridgehead atoms. The molecule has 0 aliphatic carbocycles. The quantitative estimate of drug-likeness (QED) is 0.790. The third-order valence-electron chi connectivity index (χ3n) is 5.18. The van der Waals surface area contributed by atoms with Crippen molar-refractivity contribution in [2.24, 2.45) is 0 Å². The van der Waals surface area contributed by atoms with Crippen LogP contribution in [0.4, 0.5) is 23.7 Å². The monoisotopic (exact) mass is 421 g/mol. The number of carbonyl (C=O) groups is 2. The molecule has 2 N–H and O–H groups in total. The van der Waals surface area contributed by atoms with Crippen molar-refractivity contribution < 1.29 is 27.9 Å². The Bertz CT molecular complexity index is 916. The summed E-state index contributed by atoms with van der Waals surface area (Å²) in [5.74, 6) is -0.243. The normalized spacial score (nSPS) is 17.0. The molecular weight excluding hydrogens is 399 g/mol. The van der Waals surface area contributed by atoms with Crippen molar-refractivity contribution >= 4 is 17.7 Å². The van der Waals surface area contributed by atoms with Crippen molar-refractivity contribution in [1.29, 1.82) is 0 Å². The van der Waals surface area contributed by atoms with Crippen molar-refractivity contribution in [2.75, 3.05) is 31.6 Å². The molecule has 6 nitrogen and oxygen atoms in total. The maximum Gasteiger partial charge on any atom is 0.416 e. The van der Waals surface area contributed by atoms with E-state index in [0.29, 0.717) is 24.2 Å². The molecule has 30 heavy (non-hydrogen) atoms. The van der Waals surface area contributed by atoms with Gasteiger partial charge in [0.25, 0.3) is 0 Å². The summed E-state index contributed by atoms with van der Waals surface area (Å²) < 4.78 is 38.9. The third kappa shape index (κ3) is 4.84. The lowest BCUT2D eigenvalue weighted by molar-refractivity contribution is -0.137. The lowest BCUT2D eigenvalue weighted by atomic mass is 10.0. The molecule has 0 radical (unpaired) electrons. The molecule has 1 saturated heterocycles. The number of nitrogens with one attached hydrogen (secondary N) is 1. The zero-order chi connectivity index (χ0) is 21.9. The van der Waals surface area contributed by atoms with Gasteiger partial charge in [0.1, 0.15) is 0 Å². The van der Waals surface area contributed by atoms with Gasteiger partial charge in [-0.25, -0.2) is 4.79 Å². The Hall–Kier alpha value is -3.23. The van der Waals surface area contributed by atoms with Crippen molar-refractivity contribution in [3.8, 4) is 11.1 Å². The summed E-state index contributed by atoms with van der Waals surface area (Å²) in [5, 5.41) is 11.9. The van der Waals surface area contributed by atoms with Gasteiger partial charge in [-0.3, -0.25) is 4.79 Å². The van der Waals surface area contributed by atoms with Gasteiger partial charge in [0.2, 0.25) is 5.91 Å². The molecule has 2 aromatic carbocycles. The largest absolute Gasteiger partial charge is 0.465 e. The van der Waals surface area contributed by atoms with Crippen LogP contribution in [-0.4, -0.2) is 54.7 Å². The maximum absolute atomic E-state index is 13.0. The molecule has 1 aliphatic rings. The first-order valence-corrected chi connectivity index (χ1v) is 9.42. The fourth-order valence-electron chi connectivity index (χ4n) is 3.57. The number of carbonyl (C=O) groups excluding carboxylic acids is 1. The van der Waals surface area contributed by atoms with E-state index in [2.05, 4.69) is 5.32 Å². The SMILES string of the molecule is CNC(=O)CC1CN(c2ccc(-c3cccc(C(F)(F)F)c3)cc2)CCN1C(=O)O. The van der Waals surface area contributed by atoms with Gasteiger partial charge in [0.05, 0.1) is 11.6 Å². The first-order valence-electron chi connectivity index (χ1n) is 9.42. The van der Waals surface area contributed by atoms with Crippen LogP contribution in [0.1, 0.15) is 12.0 Å². The highest BCUT2D eigenvalue weighted by atomic mass is 19.4. The van der Waals surface area contributed by atoms with E-state index in [1.54, 1.807) is 30.3 Å². The molecule has 0 aromatic heterocycles. The Morgan fingerprint density at radius 1 is 1.10 bits per heavy atom. The summed E-state index contributed by atoms with van der Waals surface area (Å²) >= 11 is 0. The first kappa shape index (κ1) is 21.5. The van der Waals surface area contributed by atoms with E-state index >= 15 is 0 Å². The Balaban J connectivity index is 1.77. The number of hydrogen-bond acceptors (Lipinski definition) is 3. The van der Waals surface area contributed by atoms with Gasteiger partial charge in [-0.15, -0.1) is 0 Å². The number of alkyl halides is 3. The summed E-state index contributed by atoms with van der Waals surface area (Å²) in [6, 6.07) is 11.7. The third-order valence-corrected chi connectivity index (χ3v) is 5.18. The molecule has 1 atom stereocenters. The van der Waals surface area contributed by atoms with Crippen LogP contribution in [0.5, 0.6) is 0 Å². The average Bonchev–Trinajstić information content (AvgIpc) is 2.73. The van der Waals surface area contributed by atoms with E-state index in [0.717, 1.165) is 17.8 Å². The minimum Gasteiger partial charge on any atom is -0.465 e. The summed E-state index contributed by atoms with van der Waals surface area (Å²) in [7, 11) is 1.50. The molecular formula is C21H22F3N3O3. The number of benzene rings is 2. The fraction of sp³-hybridized carbons (Fsp3) is 0.333. The van der Waals surface area contributed by atoms with Gasteiger partial charge in [-0.2, -0.15) is 13.2 Å². The lowest BCUT2D eigenvalue weighted by Gasteiger charge is -2.40. The summed E-state index contributed by atoms with van der Waals surface area (Å²) in [6.07, 6.45) is -5.41. The summed E-state index contributed by atoms with van der Waals surface area (Å²) in [6.45, 7) is 1.06. The highest BCUT2D eigenvalue weighted by molar-refractivity contribution is 5.77. The van der Waals surface area contributed by atoms with Crippen LogP contribution in [-0.2, 0) is 11.0 Å². The van der Waals surface area contributed by atoms with Gasteiger partial charge in [0, 0.05) is 38.8 Å². The highest BCUT2D eigenvalue weighted by Crippen LogP contribution is 2.33. The van der Waals surface area contributed by atoms with Gasteiger partial charge in [-0.05, 0) is 35.4 Å². The molecule has 9 heteroatoms. The molecule has 2 aromatic rings. The molecule has 1 unspecified atom stereocenters. The zero-order valence-electron chi connectivity index (χ0n) is 16.3. The van der Waals surface area contributed by atoms with Gasteiger partial charge < -0.3 is 20.2 Å². The second kappa shape index (κ2) is 8.64. The number of carboxylic acid groups (broad SMARTS) is 1. The van der Waals surface area contributed by atoms with E-state index in [4.69, 9.17) is 0 Å². The van der Waals surface area contributed by atoms with Crippen molar-refractivity contribution in [2.45, 2.75) is 18.6 Å². The van der Waals surface area contributed by atoms with Crippen molar-refractivity contribution in [3.63, 3.8) is 0 Å². The van der Waals surface area contributed by atoms with Crippen LogP contribution >= 0.6 is 0 Å². The molecule has 0 saturated carbocycles. The Morgan fingerprint density at radius 2 is 1.80 bits per heavy atom. The van der Waals surface area contributed by atoms with E-state index in [1.807, 2.05) is 4.90 Å². The topological polar surface area (TPSA) is 72.9 Å². The molecule has 1 fully saturated rings. The lowest BCUT2D eigenvalue weighted by Crippen LogP contribution is -2.56. The highest BCUT2D eigenvalue weighted by Gasteiger charge is 2.32. The number of anilines is 1. The molecule has 1 aliphatic heterocycles. The van der Waals surface area contributed by atoms with Gasteiger partial charge in [0.15, 0.2) is 0 Å². The summed E-state index contributed by atoms with van der Waals surface area (Å²) in [4.78, 5) is 26.5. The first-order chi connectivity index (χ1) is 14.2. The van der Waals surface area contributed by atoms with E-state index in [-0.39, 0.29) is 18.9 Å². The smallest absolute Gasteiger partial charge is 0.416 e. The molecule has 160 valence electrons. The van der Waals surface area contributed by atoms with Gasteiger partial charge in [-0.1, -0.05) is 24.3 Å². The summed E-state index contributed by atoms with van der Waals surface area (Å²) in [5.41, 5.74) is 1.23. The van der Waals surface area contributed by atoms with Crippen LogP contribution in [0.15, 0.2) is 48.5 Å². The van der Waals surface area contributed by atoms with Crippen LogP contribution in [0.2, 0.25) is 0 Å². The van der Waals surface area contributed by atoms with E-state index < -0.39 is 23.9 Å². The maximum atomic E-state index is 13.0. The predicted molar refractivity (Wildman–Crippen MR) is 106 cm³/mol. The van der Waals surface area contributed by atoms with Crippen molar-refractivity contribution in [3.05, 3.63) is 54.1 Å². The second-order valence-corrected chi connectivity index (χ2v) is 7.08. The molecule has 2 amide bonds. The minimum atomic E-state index is -4.40. The number of halogens is 3. The van der Waals surface area contributed by atoms with Crippen LogP contribution < -0.4 is 10.2 Å². The fourth-order valence-corrected chi connectivity index (χ4v) is 3.57. The number of piperazine rings is 1. The van der Waals surface area contributed by atoms with Crippen LogP contribution in [0, 0.1) is 0 Å². The number of hydrogen-bond donors (Lipinski definition) is 2. The van der Waals surface area contributed by atoms with Crippen LogP contribution in [0.25, 0.3) is 11.1 Å². The van der Waals surface area contributed by atoms with E-state index in [9.17, 15) is 27.9 Å². The molecule has 3 rings (SSSR count). The Kier molecular flexibility index (Phi) is 6.19. The van der Waals surface area contributed by atoms with Gasteiger partial charge >= 0.3 is 12.3 Å². The zero-order valence-corrected chi connectivity index (χ0v) is 16.3. The van der Waals surface area contributed by atoms with Crippen LogP contribution in [0.3, 0.4) is 0 Å². The Morgan fingerprint density at radius 3 is 2.40 bits per heavy atom. The number of rotatable bonds is 4. The minimum absolute atomic E-state index is 0.0572. The van der Waals surface area contributed by atoms with E-state index in [1.165, 1.54) is 18.0 Å².